The lowest BCUT2D eigenvalue weighted by Crippen LogP contribution is -2.44. The molecule has 0 bridgehead atoms. The van der Waals surface area contributed by atoms with Crippen molar-refractivity contribution in [2.75, 3.05) is 5.75 Å². The molecular weight excluding hydrogens is 301 g/mol. The maximum absolute atomic E-state index is 13.1. The standard InChI is InChI=1S/C10H13F7OS/c1-2-5(18)19-4-3-10(16,17)8(13)6(11)7(12)9(14)15/h6-9H,2-4H2,1H3. The van der Waals surface area contributed by atoms with Gasteiger partial charge in [0.2, 0.25) is 0 Å². The lowest BCUT2D eigenvalue weighted by molar-refractivity contribution is -0.127. The molecule has 0 fully saturated rings. The van der Waals surface area contributed by atoms with E-state index in [9.17, 15) is 35.5 Å². The zero-order chi connectivity index (χ0) is 15.2. The number of carbonyl (C=O) groups is 1. The molecule has 0 saturated carbocycles. The average molecular weight is 314 g/mol. The van der Waals surface area contributed by atoms with Crippen LogP contribution in [0.4, 0.5) is 30.7 Å². The van der Waals surface area contributed by atoms with Crippen LogP contribution in [-0.2, 0) is 4.79 Å². The number of rotatable bonds is 8. The maximum Gasteiger partial charge on any atom is 0.282 e. The Hall–Kier alpha value is -0.470. The van der Waals surface area contributed by atoms with Gasteiger partial charge in [-0.25, -0.2) is 30.7 Å². The topological polar surface area (TPSA) is 17.1 Å². The second kappa shape index (κ2) is 7.96. The molecule has 0 aliphatic heterocycles. The summed E-state index contributed by atoms with van der Waals surface area (Å²) in [6.07, 6.45) is -15.9. The zero-order valence-electron chi connectivity index (χ0n) is 9.89. The van der Waals surface area contributed by atoms with Crippen molar-refractivity contribution in [2.45, 2.75) is 50.6 Å². The van der Waals surface area contributed by atoms with Crippen molar-refractivity contribution in [3.63, 3.8) is 0 Å². The van der Waals surface area contributed by atoms with Gasteiger partial charge in [0.15, 0.2) is 23.6 Å². The number of thioether (sulfide) groups is 1. The van der Waals surface area contributed by atoms with Gasteiger partial charge in [0, 0.05) is 18.6 Å². The number of hydrogen-bond donors (Lipinski definition) is 0. The molecule has 3 unspecified atom stereocenters. The Balaban J connectivity index is 4.41. The molecule has 0 spiro atoms. The SMILES string of the molecule is CCC(=O)SCCC(F)(F)C(F)C(F)C(F)C(F)F. The third kappa shape index (κ3) is 6.01. The monoisotopic (exact) mass is 314 g/mol. The van der Waals surface area contributed by atoms with Crippen molar-refractivity contribution in [3.05, 3.63) is 0 Å². The fourth-order valence-corrected chi connectivity index (χ4v) is 1.88. The molecule has 0 amide bonds. The number of carbonyl (C=O) groups excluding carboxylic acids is 1. The minimum absolute atomic E-state index is 0.0823. The first kappa shape index (κ1) is 18.5. The molecule has 1 nitrogen and oxygen atoms in total. The van der Waals surface area contributed by atoms with Crippen molar-refractivity contribution >= 4 is 16.9 Å². The van der Waals surface area contributed by atoms with Crippen molar-refractivity contribution in [2.24, 2.45) is 0 Å². The van der Waals surface area contributed by atoms with Crippen LogP contribution < -0.4 is 0 Å². The van der Waals surface area contributed by atoms with E-state index < -0.39 is 48.2 Å². The van der Waals surface area contributed by atoms with Gasteiger partial charge in [-0.1, -0.05) is 18.7 Å². The molecular formula is C10H13F7OS. The maximum atomic E-state index is 13.1. The van der Waals surface area contributed by atoms with Gasteiger partial charge in [0.25, 0.3) is 12.3 Å². The lowest BCUT2D eigenvalue weighted by atomic mass is 10.0. The van der Waals surface area contributed by atoms with Crippen LogP contribution in [0.1, 0.15) is 19.8 Å². The van der Waals surface area contributed by atoms with E-state index in [0.717, 1.165) is 0 Å². The summed E-state index contributed by atoms with van der Waals surface area (Å²) in [6, 6.07) is 0. The summed E-state index contributed by atoms with van der Waals surface area (Å²) in [4.78, 5) is 10.8. The predicted molar refractivity (Wildman–Crippen MR) is 58.0 cm³/mol. The Bertz CT molecular complexity index is 287. The highest BCUT2D eigenvalue weighted by molar-refractivity contribution is 8.13. The second-order valence-electron chi connectivity index (χ2n) is 3.71. The van der Waals surface area contributed by atoms with E-state index in [-0.39, 0.29) is 6.42 Å². The van der Waals surface area contributed by atoms with Gasteiger partial charge in [0.05, 0.1) is 0 Å². The van der Waals surface area contributed by atoms with E-state index >= 15 is 0 Å². The first-order valence-electron chi connectivity index (χ1n) is 5.37. The summed E-state index contributed by atoms with van der Waals surface area (Å²) in [6.45, 7) is 1.49. The minimum Gasteiger partial charge on any atom is -0.287 e. The molecule has 0 heterocycles. The summed E-state index contributed by atoms with van der Waals surface area (Å²) in [7, 11) is 0. The molecule has 0 radical (unpaired) electrons. The van der Waals surface area contributed by atoms with E-state index in [1.165, 1.54) is 6.92 Å². The zero-order valence-corrected chi connectivity index (χ0v) is 10.7. The number of alkyl halides is 7. The van der Waals surface area contributed by atoms with E-state index in [1.54, 1.807) is 0 Å². The minimum atomic E-state index is -4.31. The van der Waals surface area contributed by atoms with Gasteiger partial charge in [-0.3, -0.25) is 4.79 Å². The van der Waals surface area contributed by atoms with Gasteiger partial charge < -0.3 is 0 Å². The molecule has 0 aliphatic rings. The van der Waals surface area contributed by atoms with Gasteiger partial charge in [0.1, 0.15) is 0 Å². The van der Waals surface area contributed by atoms with E-state index in [4.69, 9.17) is 0 Å². The third-order valence-corrected chi connectivity index (χ3v) is 3.23. The Kier molecular flexibility index (Phi) is 7.76. The summed E-state index contributed by atoms with van der Waals surface area (Å²) >= 11 is 0.497. The van der Waals surface area contributed by atoms with Crippen LogP contribution in [0.3, 0.4) is 0 Å². The van der Waals surface area contributed by atoms with E-state index in [1.807, 2.05) is 0 Å². The van der Waals surface area contributed by atoms with Gasteiger partial charge in [-0.2, -0.15) is 0 Å². The summed E-state index contributed by atoms with van der Waals surface area (Å²) in [5, 5.41) is -0.418. The molecule has 0 aromatic carbocycles. The van der Waals surface area contributed by atoms with E-state index in [0.29, 0.717) is 11.8 Å². The van der Waals surface area contributed by atoms with Crippen LogP contribution in [0.15, 0.2) is 0 Å². The van der Waals surface area contributed by atoms with Gasteiger partial charge in [-0.05, 0) is 0 Å². The first-order chi connectivity index (χ1) is 8.63. The Morgan fingerprint density at radius 3 is 2.05 bits per heavy atom. The smallest absolute Gasteiger partial charge is 0.282 e. The number of halogens is 7. The molecule has 19 heavy (non-hydrogen) atoms. The van der Waals surface area contributed by atoms with Gasteiger partial charge >= 0.3 is 0 Å². The van der Waals surface area contributed by atoms with E-state index in [2.05, 4.69) is 0 Å². The molecule has 0 saturated heterocycles. The first-order valence-corrected chi connectivity index (χ1v) is 6.35. The third-order valence-electron chi connectivity index (χ3n) is 2.22. The Morgan fingerprint density at radius 1 is 1.11 bits per heavy atom. The molecule has 9 heteroatoms. The summed E-state index contributed by atoms with van der Waals surface area (Å²) in [5.74, 6) is -4.81. The van der Waals surface area contributed by atoms with Crippen molar-refractivity contribution in [1.82, 2.24) is 0 Å². The van der Waals surface area contributed by atoms with Crippen LogP contribution in [0, 0.1) is 0 Å². The fraction of sp³-hybridized carbons (Fsp3) is 0.900. The lowest BCUT2D eigenvalue weighted by Gasteiger charge is -2.24. The van der Waals surface area contributed by atoms with Crippen LogP contribution in [0.5, 0.6) is 0 Å². The summed E-state index contributed by atoms with van der Waals surface area (Å²) in [5.41, 5.74) is 0. The predicted octanol–water partition coefficient (Wildman–Crippen LogP) is 3.96. The molecule has 0 aromatic rings. The van der Waals surface area contributed by atoms with Crippen LogP contribution in [0.2, 0.25) is 0 Å². The van der Waals surface area contributed by atoms with Gasteiger partial charge in [-0.15, -0.1) is 0 Å². The quantitative estimate of drug-likeness (QED) is 0.631. The van der Waals surface area contributed by atoms with Crippen LogP contribution >= 0.6 is 11.8 Å². The Morgan fingerprint density at radius 2 is 1.63 bits per heavy atom. The van der Waals surface area contributed by atoms with Crippen molar-refractivity contribution < 1.29 is 35.5 Å². The molecule has 0 aromatic heterocycles. The second-order valence-corrected chi connectivity index (χ2v) is 4.86. The summed E-state index contributed by atoms with van der Waals surface area (Å²) < 4.78 is 88.0. The molecule has 0 aliphatic carbocycles. The van der Waals surface area contributed by atoms with Crippen molar-refractivity contribution in [1.29, 1.82) is 0 Å². The Labute approximate surface area is 109 Å². The molecule has 0 rings (SSSR count). The molecule has 0 N–H and O–H groups in total. The largest absolute Gasteiger partial charge is 0.287 e. The number of hydrogen-bond acceptors (Lipinski definition) is 2. The van der Waals surface area contributed by atoms with Crippen molar-refractivity contribution in [3.8, 4) is 0 Å². The highest BCUT2D eigenvalue weighted by Crippen LogP contribution is 2.33. The fourth-order valence-electron chi connectivity index (χ4n) is 1.07. The highest BCUT2D eigenvalue weighted by Gasteiger charge is 2.50. The average Bonchev–Trinajstić information content (AvgIpc) is 2.35. The molecule has 3 atom stereocenters. The highest BCUT2D eigenvalue weighted by atomic mass is 32.2. The normalized spacial score (nSPS) is 17.3. The van der Waals surface area contributed by atoms with Crippen LogP contribution in [0.25, 0.3) is 0 Å². The molecule has 114 valence electrons. The van der Waals surface area contributed by atoms with Crippen LogP contribution in [-0.4, -0.2) is 41.7 Å².